The van der Waals surface area contributed by atoms with Crippen molar-refractivity contribution in [2.45, 2.75) is 31.6 Å². The minimum absolute atomic E-state index is 0.388. The van der Waals surface area contributed by atoms with E-state index in [1.807, 2.05) is 0 Å². The highest BCUT2D eigenvalue weighted by molar-refractivity contribution is 5.59. The number of ether oxygens (including phenoxy) is 1. The van der Waals surface area contributed by atoms with Crippen molar-refractivity contribution < 1.29 is 9.84 Å². The van der Waals surface area contributed by atoms with Crippen LogP contribution in [0.1, 0.15) is 31.0 Å². The van der Waals surface area contributed by atoms with E-state index in [0.717, 1.165) is 0 Å². The molecule has 0 aliphatic carbocycles. The zero-order valence-electron chi connectivity index (χ0n) is 13.1. The zero-order valence-corrected chi connectivity index (χ0v) is 13.1. The molecule has 6 heteroatoms. The Morgan fingerprint density at radius 2 is 2.22 bits per heavy atom. The standard InChI is InChI=1S/C17H18N4O2/c1-4-7-21(11-20-10-19)15-13-8-12(9-18)5-6-14(13)23-17(2,3)16(15)22/h4-6,8,11,15-16,22H,1,7H2,2-3H3/t15-,16+/m0/s1. The van der Waals surface area contributed by atoms with Crippen molar-refractivity contribution in [1.29, 1.82) is 10.5 Å². The van der Waals surface area contributed by atoms with Crippen LogP contribution < -0.4 is 4.74 Å². The molecule has 0 spiro atoms. The summed E-state index contributed by atoms with van der Waals surface area (Å²) in [5.74, 6) is 0.601. The highest BCUT2D eigenvalue weighted by Crippen LogP contribution is 2.42. The van der Waals surface area contributed by atoms with Gasteiger partial charge in [-0.3, -0.25) is 0 Å². The van der Waals surface area contributed by atoms with Crippen LogP contribution in [0.15, 0.2) is 35.8 Å². The Hall–Kier alpha value is -2.83. The summed E-state index contributed by atoms with van der Waals surface area (Å²) in [6, 6.07) is 6.67. The van der Waals surface area contributed by atoms with Gasteiger partial charge in [-0.1, -0.05) is 6.08 Å². The smallest absolute Gasteiger partial charge is 0.207 e. The molecule has 1 aromatic rings. The average molecular weight is 310 g/mol. The number of rotatable bonds is 4. The molecule has 1 aliphatic rings. The Kier molecular flexibility index (Phi) is 4.68. The second-order valence-electron chi connectivity index (χ2n) is 5.79. The van der Waals surface area contributed by atoms with Crippen LogP contribution in [0.2, 0.25) is 0 Å². The van der Waals surface area contributed by atoms with Gasteiger partial charge in [0, 0.05) is 12.1 Å². The number of aliphatic hydroxyl groups is 1. The molecule has 1 aromatic carbocycles. The van der Waals surface area contributed by atoms with Crippen molar-refractivity contribution in [3.63, 3.8) is 0 Å². The van der Waals surface area contributed by atoms with Gasteiger partial charge in [0.2, 0.25) is 6.19 Å². The van der Waals surface area contributed by atoms with Crippen LogP contribution in [0, 0.1) is 22.8 Å². The number of nitrogens with zero attached hydrogens (tertiary/aromatic N) is 4. The summed E-state index contributed by atoms with van der Waals surface area (Å²) >= 11 is 0. The molecule has 118 valence electrons. The maximum atomic E-state index is 10.8. The molecule has 1 N–H and O–H groups in total. The third-order valence-electron chi connectivity index (χ3n) is 3.80. The van der Waals surface area contributed by atoms with Crippen LogP contribution >= 0.6 is 0 Å². The topological polar surface area (TPSA) is 92.6 Å². The van der Waals surface area contributed by atoms with Gasteiger partial charge in [0.1, 0.15) is 23.8 Å². The maximum absolute atomic E-state index is 10.8. The summed E-state index contributed by atoms with van der Waals surface area (Å²) in [7, 11) is 0. The summed E-state index contributed by atoms with van der Waals surface area (Å²) < 4.78 is 5.87. The third-order valence-corrected chi connectivity index (χ3v) is 3.80. The Bertz CT molecular complexity index is 712. The van der Waals surface area contributed by atoms with E-state index in [-0.39, 0.29) is 0 Å². The summed E-state index contributed by atoms with van der Waals surface area (Å²) in [6.07, 6.45) is 3.86. The molecule has 2 rings (SSSR count). The molecule has 0 fully saturated rings. The van der Waals surface area contributed by atoms with Crippen LogP contribution in [0.25, 0.3) is 0 Å². The van der Waals surface area contributed by atoms with Crippen LogP contribution in [-0.2, 0) is 0 Å². The van der Waals surface area contributed by atoms with E-state index in [0.29, 0.717) is 23.4 Å². The van der Waals surface area contributed by atoms with Gasteiger partial charge in [0.25, 0.3) is 0 Å². The highest BCUT2D eigenvalue weighted by Gasteiger charge is 2.45. The fourth-order valence-corrected chi connectivity index (χ4v) is 2.68. The molecule has 1 aliphatic heterocycles. The van der Waals surface area contributed by atoms with Crippen molar-refractivity contribution in [3.05, 3.63) is 42.0 Å². The molecule has 0 radical (unpaired) electrons. The van der Waals surface area contributed by atoms with Gasteiger partial charge in [-0.15, -0.1) is 6.58 Å². The van der Waals surface area contributed by atoms with Crippen LogP contribution in [-0.4, -0.2) is 34.6 Å². The molecule has 2 atom stereocenters. The minimum Gasteiger partial charge on any atom is -0.485 e. The first kappa shape index (κ1) is 16.5. The van der Waals surface area contributed by atoms with E-state index in [1.165, 1.54) is 6.34 Å². The molecule has 23 heavy (non-hydrogen) atoms. The maximum Gasteiger partial charge on any atom is 0.207 e. The monoisotopic (exact) mass is 310 g/mol. The minimum atomic E-state index is -0.881. The summed E-state index contributed by atoms with van der Waals surface area (Å²) in [4.78, 5) is 5.32. The van der Waals surface area contributed by atoms with Gasteiger partial charge in [0.05, 0.1) is 17.7 Å². The fourth-order valence-electron chi connectivity index (χ4n) is 2.68. The van der Waals surface area contributed by atoms with Gasteiger partial charge in [-0.05, 0) is 32.0 Å². The number of hydrogen-bond acceptors (Lipinski definition) is 5. The molecule has 0 saturated carbocycles. The largest absolute Gasteiger partial charge is 0.485 e. The normalized spacial score (nSPS) is 21.6. The van der Waals surface area contributed by atoms with E-state index in [4.69, 9.17) is 15.3 Å². The molecule has 0 unspecified atom stereocenters. The van der Waals surface area contributed by atoms with Crippen molar-refractivity contribution in [3.8, 4) is 18.0 Å². The van der Waals surface area contributed by atoms with E-state index in [1.54, 1.807) is 49.2 Å². The number of nitriles is 2. The van der Waals surface area contributed by atoms with Crippen molar-refractivity contribution in [2.24, 2.45) is 4.99 Å². The first-order chi connectivity index (χ1) is 10.9. The lowest BCUT2D eigenvalue weighted by atomic mass is 9.85. The lowest BCUT2D eigenvalue weighted by Gasteiger charge is -2.45. The van der Waals surface area contributed by atoms with Gasteiger partial charge < -0.3 is 14.7 Å². The van der Waals surface area contributed by atoms with E-state index >= 15 is 0 Å². The third kappa shape index (κ3) is 3.18. The van der Waals surface area contributed by atoms with Crippen molar-refractivity contribution in [1.82, 2.24) is 4.90 Å². The molecule has 1 heterocycles. The predicted octanol–water partition coefficient (Wildman–Crippen LogP) is 2.13. The fraction of sp³-hybridized carbons (Fsp3) is 0.353. The van der Waals surface area contributed by atoms with Crippen LogP contribution in [0.5, 0.6) is 5.75 Å². The second kappa shape index (κ2) is 6.51. The number of aliphatic hydroxyl groups excluding tert-OH is 1. The first-order valence-electron chi connectivity index (χ1n) is 7.14. The molecule has 0 aromatic heterocycles. The van der Waals surface area contributed by atoms with Crippen molar-refractivity contribution >= 4 is 6.34 Å². The van der Waals surface area contributed by atoms with Gasteiger partial charge in [0.15, 0.2) is 0 Å². The Morgan fingerprint density at radius 1 is 1.48 bits per heavy atom. The Balaban J connectivity index is 2.59. The number of hydrogen-bond donors (Lipinski definition) is 1. The highest BCUT2D eigenvalue weighted by atomic mass is 16.5. The number of benzene rings is 1. The Labute approximate surface area is 135 Å². The van der Waals surface area contributed by atoms with E-state index < -0.39 is 17.7 Å². The molecule has 0 amide bonds. The molecular formula is C17H18N4O2. The zero-order chi connectivity index (χ0) is 17.0. The number of aliphatic imine (C=N–C) groups is 1. The van der Waals surface area contributed by atoms with Gasteiger partial charge in [-0.2, -0.15) is 15.5 Å². The summed E-state index contributed by atoms with van der Waals surface area (Å²) in [5, 5.41) is 28.6. The van der Waals surface area contributed by atoms with Crippen LogP contribution in [0.4, 0.5) is 0 Å². The second-order valence-corrected chi connectivity index (χ2v) is 5.79. The lowest BCUT2D eigenvalue weighted by molar-refractivity contribution is -0.0795. The molecular weight excluding hydrogens is 292 g/mol. The molecule has 0 saturated heterocycles. The molecule has 6 nitrogen and oxygen atoms in total. The quantitative estimate of drug-likeness (QED) is 0.398. The lowest BCUT2D eigenvalue weighted by Crippen LogP contribution is -2.53. The summed E-state index contributed by atoms with van der Waals surface area (Å²) in [6.45, 7) is 7.67. The molecule has 0 bridgehead atoms. The SMILES string of the molecule is C=CCN(C=NC#N)[C@H]1c2cc(C#N)ccc2OC(C)(C)[C@@H]1O. The van der Waals surface area contributed by atoms with Crippen molar-refractivity contribution in [2.75, 3.05) is 6.54 Å². The van der Waals surface area contributed by atoms with E-state index in [2.05, 4.69) is 17.6 Å². The predicted molar refractivity (Wildman–Crippen MR) is 85.6 cm³/mol. The number of fused-ring (bicyclic) bond motifs is 1. The first-order valence-corrected chi connectivity index (χ1v) is 7.14. The van der Waals surface area contributed by atoms with Gasteiger partial charge >= 0.3 is 0 Å². The summed E-state index contributed by atoms with van der Waals surface area (Å²) in [5.41, 5.74) is 0.327. The van der Waals surface area contributed by atoms with Gasteiger partial charge in [-0.25, -0.2) is 0 Å². The average Bonchev–Trinajstić information content (AvgIpc) is 2.52. The van der Waals surface area contributed by atoms with Crippen LogP contribution in [0.3, 0.4) is 0 Å². The Morgan fingerprint density at radius 3 is 2.83 bits per heavy atom. The van der Waals surface area contributed by atoms with E-state index in [9.17, 15) is 5.11 Å².